The molecular weight excluding hydrogens is 532 g/mol. The van der Waals surface area contributed by atoms with Crippen molar-refractivity contribution in [3.05, 3.63) is 58.6 Å². The highest BCUT2D eigenvalue weighted by Gasteiger charge is 2.46. The highest BCUT2D eigenvalue weighted by atomic mass is 79.9. The Morgan fingerprint density at radius 3 is 2.16 bits per heavy atom. The van der Waals surface area contributed by atoms with Gasteiger partial charge in [-0.05, 0) is 75.3 Å². The van der Waals surface area contributed by atoms with Crippen LogP contribution in [0.15, 0.2) is 53.0 Å². The molecule has 1 saturated carbocycles. The Morgan fingerprint density at radius 2 is 1.62 bits per heavy atom. The summed E-state index contributed by atoms with van der Waals surface area (Å²) in [5.41, 5.74) is 1.42. The van der Waals surface area contributed by atoms with Crippen LogP contribution in [0.2, 0.25) is 0 Å². The third kappa shape index (κ3) is 6.20. The lowest BCUT2D eigenvalue weighted by Crippen LogP contribution is -2.56. The highest BCUT2D eigenvalue weighted by molar-refractivity contribution is 9.10. The van der Waals surface area contributed by atoms with E-state index in [1.807, 2.05) is 62.1 Å². The second-order valence-electron chi connectivity index (χ2n) is 11.6. The molecule has 2 fully saturated rings. The van der Waals surface area contributed by atoms with Crippen molar-refractivity contribution in [2.24, 2.45) is 0 Å². The molecule has 1 unspecified atom stereocenters. The van der Waals surface area contributed by atoms with Gasteiger partial charge >= 0.3 is 6.09 Å². The molecule has 1 heterocycles. The minimum atomic E-state index is -1.07. The molecule has 0 aromatic heterocycles. The summed E-state index contributed by atoms with van der Waals surface area (Å²) >= 11 is 3.53. The smallest absolute Gasteiger partial charge is 0.407 e. The summed E-state index contributed by atoms with van der Waals surface area (Å²) in [6, 6.07) is 16.0. The number of carbonyl (C=O) groups excluding carboxylic acids is 1. The minimum Gasteiger partial charge on any atom is -0.465 e. The lowest BCUT2D eigenvalue weighted by molar-refractivity contribution is -0.143. The van der Waals surface area contributed by atoms with E-state index >= 15 is 0 Å². The van der Waals surface area contributed by atoms with Crippen molar-refractivity contribution in [2.45, 2.75) is 88.8 Å². The molecule has 37 heavy (non-hydrogen) atoms. The monoisotopic (exact) mass is 570 g/mol. The lowest BCUT2D eigenvalue weighted by Gasteiger charge is -2.45. The van der Waals surface area contributed by atoms with Gasteiger partial charge in [-0.3, -0.25) is 4.79 Å². The fraction of sp³-hybridized carbons (Fsp3) is 0.533. The summed E-state index contributed by atoms with van der Waals surface area (Å²) < 4.78 is 1.01. The molecule has 1 aliphatic carbocycles. The van der Waals surface area contributed by atoms with E-state index in [9.17, 15) is 19.8 Å². The van der Waals surface area contributed by atoms with Gasteiger partial charge in [-0.1, -0.05) is 71.6 Å². The van der Waals surface area contributed by atoms with Crippen molar-refractivity contribution in [3.63, 3.8) is 0 Å². The van der Waals surface area contributed by atoms with E-state index in [0.717, 1.165) is 40.4 Å². The molecule has 6 nitrogen and oxygen atoms in total. The second kappa shape index (κ2) is 11.2. The van der Waals surface area contributed by atoms with Crippen LogP contribution in [0.5, 0.6) is 0 Å². The van der Waals surface area contributed by atoms with Crippen molar-refractivity contribution in [1.82, 2.24) is 9.80 Å². The zero-order chi connectivity index (χ0) is 26.8. The number of amides is 2. The maximum atomic E-state index is 14.0. The van der Waals surface area contributed by atoms with Gasteiger partial charge < -0.3 is 20.0 Å². The largest absolute Gasteiger partial charge is 0.465 e. The molecule has 2 aliphatic rings. The van der Waals surface area contributed by atoms with Crippen LogP contribution in [0.25, 0.3) is 11.1 Å². The van der Waals surface area contributed by atoms with E-state index in [1.54, 1.807) is 0 Å². The van der Waals surface area contributed by atoms with Crippen molar-refractivity contribution in [3.8, 4) is 11.1 Å². The average molecular weight is 572 g/mol. The van der Waals surface area contributed by atoms with E-state index in [4.69, 9.17) is 0 Å². The molecule has 2 aromatic carbocycles. The van der Waals surface area contributed by atoms with Crippen LogP contribution in [0.4, 0.5) is 4.79 Å². The molecule has 7 heteroatoms. The Balaban J connectivity index is 1.57. The molecule has 0 spiro atoms. The maximum Gasteiger partial charge on any atom is 0.407 e. The van der Waals surface area contributed by atoms with E-state index in [0.29, 0.717) is 38.8 Å². The number of likely N-dealkylation sites (tertiary alicyclic amines) is 1. The molecule has 0 radical (unpaired) electrons. The molecular formula is C30H39BrN2O4. The van der Waals surface area contributed by atoms with Crippen LogP contribution >= 0.6 is 15.9 Å². The van der Waals surface area contributed by atoms with Gasteiger partial charge in [-0.25, -0.2) is 4.79 Å². The van der Waals surface area contributed by atoms with E-state index in [-0.39, 0.29) is 11.9 Å². The summed E-state index contributed by atoms with van der Waals surface area (Å²) in [5, 5.41) is 21.6. The molecule has 2 amide bonds. The molecule has 1 saturated heterocycles. The first-order valence-electron chi connectivity index (χ1n) is 13.4. The molecule has 1 aliphatic heterocycles. The number of aliphatic hydroxyl groups is 1. The Labute approximate surface area is 228 Å². The van der Waals surface area contributed by atoms with Gasteiger partial charge in [0.1, 0.15) is 0 Å². The minimum absolute atomic E-state index is 0.0457. The molecule has 2 aromatic rings. The summed E-state index contributed by atoms with van der Waals surface area (Å²) in [4.78, 5) is 29.4. The number of carbonyl (C=O) groups is 2. The SMILES string of the molecule is CC(C)(C)N(C(=O)O)C1CCN(C(=O)C(c2ccc(-c3cccc(Br)c3)cc2)C2(O)CCCCC2)CC1. The summed E-state index contributed by atoms with van der Waals surface area (Å²) in [6.45, 7) is 6.71. The van der Waals surface area contributed by atoms with Gasteiger partial charge in [0.25, 0.3) is 0 Å². The first-order valence-corrected chi connectivity index (χ1v) is 14.2. The normalized spacial score (nSPS) is 19.3. The average Bonchev–Trinajstić information content (AvgIpc) is 2.84. The Hall–Kier alpha value is -2.38. The number of rotatable bonds is 5. The van der Waals surface area contributed by atoms with Crippen LogP contribution in [-0.4, -0.2) is 62.3 Å². The maximum absolute atomic E-state index is 14.0. The van der Waals surface area contributed by atoms with E-state index in [2.05, 4.69) is 28.1 Å². The standard InChI is InChI=1S/C30H39BrN2O4/c1-29(2,3)33(28(35)36)25-14-18-32(19-15-25)27(34)26(30(37)16-5-4-6-17-30)22-12-10-21(11-13-22)23-8-7-9-24(31)20-23/h7-13,20,25-26,37H,4-6,14-19H2,1-3H3,(H,35,36). The number of nitrogens with zero attached hydrogens (tertiary/aromatic N) is 2. The zero-order valence-corrected chi connectivity index (χ0v) is 23.7. The van der Waals surface area contributed by atoms with E-state index in [1.165, 1.54) is 4.90 Å². The number of benzene rings is 2. The Morgan fingerprint density at radius 1 is 1.00 bits per heavy atom. The molecule has 1 atom stereocenters. The second-order valence-corrected chi connectivity index (χ2v) is 12.5. The lowest BCUT2D eigenvalue weighted by atomic mass is 9.72. The Bertz CT molecular complexity index is 1100. The number of halogens is 1. The van der Waals surface area contributed by atoms with Crippen molar-refractivity contribution < 1.29 is 19.8 Å². The van der Waals surface area contributed by atoms with Crippen LogP contribution in [0, 0.1) is 0 Å². The third-order valence-electron chi connectivity index (χ3n) is 7.98. The van der Waals surface area contributed by atoms with Crippen molar-refractivity contribution >= 4 is 27.9 Å². The number of carboxylic acid groups (broad SMARTS) is 1. The predicted molar refractivity (Wildman–Crippen MR) is 150 cm³/mol. The van der Waals surface area contributed by atoms with Gasteiger partial charge in [0.2, 0.25) is 5.91 Å². The molecule has 200 valence electrons. The van der Waals surface area contributed by atoms with Crippen LogP contribution in [-0.2, 0) is 4.79 Å². The van der Waals surface area contributed by atoms with Crippen LogP contribution in [0.3, 0.4) is 0 Å². The number of piperidine rings is 1. The fourth-order valence-corrected chi connectivity index (χ4v) is 6.59. The number of hydrogen-bond donors (Lipinski definition) is 2. The molecule has 2 N–H and O–H groups in total. The predicted octanol–water partition coefficient (Wildman–Crippen LogP) is 6.66. The summed E-state index contributed by atoms with van der Waals surface area (Å²) in [5.74, 6) is -0.671. The van der Waals surface area contributed by atoms with Crippen LogP contribution in [0.1, 0.15) is 77.2 Å². The Kier molecular flexibility index (Phi) is 8.34. The molecule has 0 bridgehead atoms. The quantitative estimate of drug-likeness (QED) is 0.421. The highest BCUT2D eigenvalue weighted by Crippen LogP contribution is 2.42. The molecule has 4 rings (SSSR count). The van der Waals surface area contributed by atoms with Crippen molar-refractivity contribution in [2.75, 3.05) is 13.1 Å². The summed E-state index contributed by atoms with van der Waals surface area (Å²) in [7, 11) is 0. The van der Waals surface area contributed by atoms with Gasteiger partial charge in [-0.15, -0.1) is 0 Å². The van der Waals surface area contributed by atoms with Crippen molar-refractivity contribution in [1.29, 1.82) is 0 Å². The van der Waals surface area contributed by atoms with Gasteiger partial charge in [0, 0.05) is 29.1 Å². The van der Waals surface area contributed by atoms with E-state index < -0.39 is 23.2 Å². The van der Waals surface area contributed by atoms with Crippen LogP contribution < -0.4 is 0 Å². The van der Waals surface area contributed by atoms with Gasteiger partial charge in [0.05, 0.1) is 11.5 Å². The fourth-order valence-electron chi connectivity index (χ4n) is 6.19. The first-order chi connectivity index (χ1) is 17.5. The van der Waals surface area contributed by atoms with Gasteiger partial charge in [0.15, 0.2) is 0 Å². The third-order valence-corrected chi connectivity index (χ3v) is 8.47. The zero-order valence-electron chi connectivity index (χ0n) is 22.1. The number of hydrogen-bond acceptors (Lipinski definition) is 3. The van der Waals surface area contributed by atoms with Gasteiger partial charge in [-0.2, -0.15) is 0 Å². The summed E-state index contributed by atoms with van der Waals surface area (Å²) in [6.07, 6.45) is 4.42. The first kappa shape index (κ1) is 27.6. The topological polar surface area (TPSA) is 81.1 Å².